The highest BCUT2D eigenvalue weighted by Gasteiger charge is 2.30. The molecule has 0 aromatic heterocycles. The zero-order chi connectivity index (χ0) is 14.7. The van der Waals surface area contributed by atoms with Crippen molar-refractivity contribution in [1.29, 1.82) is 5.26 Å². The summed E-state index contributed by atoms with van der Waals surface area (Å²) < 4.78 is 0. The zero-order valence-corrected chi connectivity index (χ0v) is 12.2. The molecule has 1 aliphatic rings. The predicted molar refractivity (Wildman–Crippen MR) is 81.4 cm³/mol. The smallest absolute Gasteiger partial charge is 0.276 e. The number of benzene rings is 1. The van der Waals surface area contributed by atoms with Crippen molar-refractivity contribution in [3.63, 3.8) is 0 Å². The van der Waals surface area contributed by atoms with Crippen LogP contribution in [0.15, 0.2) is 30.0 Å². The molecule has 1 aromatic rings. The van der Waals surface area contributed by atoms with Gasteiger partial charge in [0.15, 0.2) is 5.11 Å². The van der Waals surface area contributed by atoms with Crippen molar-refractivity contribution in [3.8, 4) is 6.07 Å². The number of hydrogen-bond acceptors (Lipinski definition) is 3. The second kappa shape index (κ2) is 5.85. The molecule has 0 saturated carbocycles. The van der Waals surface area contributed by atoms with Gasteiger partial charge in [0, 0.05) is 6.54 Å². The Labute approximate surface area is 123 Å². The molecule has 4 nitrogen and oxygen atoms in total. The van der Waals surface area contributed by atoms with E-state index in [1.165, 1.54) is 0 Å². The van der Waals surface area contributed by atoms with Crippen LogP contribution >= 0.6 is 12.2 Å². The minimum absolute atomic E-state index is 0.104. The first-order chi connectivity index (χ1) is 9.51. The van der Waals surface area contributed by atoms with Gasteiger partial charge in [-0.2, -0.15) is 5.26 Å². The number of hydrogen-bond donors (Lipinski definition) is 1. The highest BCUT2D eigenvalue weighted by molar-refractivity contribution is 7.80. The maximum Gasteiger partial charge on any atom is 0.276 e. The number of nitriles is 1. The van der Waals surface area contributed by atoms with E-state index in [0.717, 1.165) is 5.56 Å². The Morgan fingerprint density at radius 1 is 1.40 bits per heavy atom. The number of thiocarbonyl (C=S) groups is 1. The molecule has 20 heavy (non-hydrogen) atoms. The second-order valence-corrected chi connectivity index (χ2v) is 5.42. The van der Waals surface area contributed by atoms with Gasteiger partial charge in [-0.1, -0.05) is 26.0 Å². The summed E-state index contributed by atoms with van der Waals surface area (Å²) in [5, 5.41) is 12.1. The number of carbonyl (C=O) groups excluding carboxylic acids is 1. The quantitative estimate of drug-likeness (QED) is 0.684. The molecule has 1 saturated heterocycles. The van der Waals surface area contributed by atoms with Crippen molar-refractivity contribution >= 4 is 29.3 Å². The molecular formula is C15H15N3OS. The Balaban J connectivity index is 2.21. The summed E-state index contributed by atoms with van der Waals surface area (Å²) in [7, 11) is 0. The van der Waals surface area contributed by atoms with E-state index in [2.05, 4.69) is 11.4 Å². The third-order valence-corrected chi connectivity index (χ3v) is 3.18. The summed E-state index contributed by atoms with van der Waals surface area (Å²) in [6.45, 7) is 4.69. The molecule has 1 heterocycles. The van der Waals surface area contributed by atoms with Gasteiger partial charge in [0.2, 0.25) is 0 Å². The van der Waals surface area contributed by atoms with Crippen LogP contribution in [0.2, 0.25) is 0 Å². The third-order valence-electron chi connectivity index (χ3n) is 2.86. The first-order valence-electron chi connectivity index (χ1n) is 6.36. The third kappa shape index (κ3) is 3.03. The standard InChI is InChI=1S/C15H15N3OS/c1-10(2)9-18-14(19)13(17-15(18)20)7-11-3-5-12(8-16)6-4-11/h3-7,10H,9H2,1-2H3,(H,17,20)/b13-7-. The van der Waals surface area contributed by atoms with Gasteiger partial charge in [-0.15, -0.1) is 0 Å². The Hall–Kier alpha value is -2.19. The molecule has 1 fully saturated rings. The molecule has 0 unspecified atom stereocenters. The summed E-state index contributed by atoms with van der Waals surface area (Å²) in [6.07, 6.45) is 1.75. The van der Waals surface area contributed by atoms with Crippen molar-refractivity contribution in [3.05, 3.63) is 41.1 Å². The van der Waals surface area contributed by atoms with Crippen molar-refractivity contribution in [2.45, 2.75) is 13.8 Å². The average molecular weight is 285 g/mol. The van der Waals surface area contributed by atoms with E-state index in [9.17, 15) is 4.79 Å². The topological polar surface area (TPSA) is 56.1 Å². The van der Waals surface area contributed by atoms with Crippen LogP contribution in [-0.4, -0.2) is 22.5 Å². The van der Waals surface area contributed by atoms with Gasteiger partial charge in [-0.05, 0) is 41.9 Å². The molecule has 1 aliphatic heterocycles. The Bertz CT molecular complexity index is 611. The molecule has 0 radical (unpaired) electrons. The SMILES string of the molecule is CC(C)CN1C(=O)/C(=C/c2ccc(C#N)cc2)NC1=S. The van der Waals surface area contributed by atoms with Crippen LogP contribution in [-0.2, 0) is 4.79 Å². The lowest BCUT2D eigenvalue weighted by molar-refractivity contribution is -0.122. The molecule has 1 N–H and O–H groups in total. The normalized spacial score (nSPS) is 16.7. The van der Waals surface area contributed by atoms with Gasteiger partial charge in [0.25, 0.3) is 5.91 Å². The van der Waals surface area contributed by atoms with Gasteiger partial charge >= 0.3 is 0 Å². The van der Waals surface area contributed by atoms with E-state index in [0.29, 0.717) is 28.8 Å². The van der Waals surface area contributed by atoms with Crippen molar-refractivity contribution in [2.24, 2.45) is 5.92 Å². The molecular weight excluding hydrogens is 270 g/mol. The number of rotatable bonds is 3. The predicted octanol–water partition coefficient (Wildman–Crippen LogP) is 2.27. The number of nitrogens with zero attached hydrogens (tertiary/aromatic N) is 2. The fourth-order valence-corrected chi connectivity index (χ4v) is 2.19. The second-order valence-electron chi connectivity index (χ2n) is 5.03. The first kappa shape index (κ1) is 14.2. The van der Waals surface area contributed by atoms with Crippen LogP contribution in [0, 0.1) is 17.2 Å². The summed E-state index contributed by atoms with van der Waals surface area (Å²) >= 11 is 5.18. The molecule has 1 amide bonds. The molecule has 0 aliphatic carbocycles. The van der Waals surface area contributed by atoms with E-state index in [1.54, 1.807) is 35.2 Å². The zero-order valence-electron chi connectivity index (χ0n) is 11.4. The number of carbonyl (C=O) groups is 1. The lowest BCUT2D eigenvalue weighted by atomic mass is 10.1. The fraction of sp³-hybridized carbons (Fsp3) is 0.267. The van der Waals surface area contributed by atoms with E-state index >= 15 is 0 Å². The molecule has 0 atom stereocenters. The Morgan fingerprint density at radius 2 is 2.05 bits per heavy atom. The van der Waals surface area contributed by atoms with Gasteiger partial charge in [-0.25, -0.2) is 0 Å². The van der Waals surface area contributed by atoms with Crippen molar-refractivity contribution in [1.82, 2.24) is 10.2 Å². The molecule has 2 rings (SSSR count). The van der Waals surface area contributed by atoms with Crippen molar-refractivity contribution in [2.75, 3.05) is 6.54 Å². The summed E-state index contributed by atoms with van der Waals surface area (Å²) in [5.74, 6) is 0.251. The average Bonchev–Trinajstić information content (AvgIpc) is 2.67. The molecule has 102 valence electrons. The van der Waals surface area contributed by atoms with Crippen LogP contribution < -0.4 is 5.32 Å². The van der Waals surface area contributed by atoms with Crippen LogP contribution in [0.4, 0.5) is 0 Å². The van der Waals surface area contributed by atoms with Gasteiger partial charge < -0.3 is 5.32 Å². The van der Waals surface area contributed by atoms with E-state index in [4.69, 9.17) is 17.5 Å². The molecule has 5 heteroatoms. The Morgan fingerprint density at radius 3 is 2.60 bits per heavy atom. The maximum atomic E-state index is 12.2. The lowest BCUT2D eigenvalue weighted by Crippen LogP contribution is -2.33. The van der Waals surface area contributed by atoms with Crippen LogP contribution in [0.5, 0.6) is 0 Å². The summed E-state index contributed by atoms with van der Waals surface area (Å²) in [4.78, 5) is 13.8. The number of nitrogens with one attached hydrogen (secondary N) is 1. The largest absolute Gasteiger partial charge is 0.328 e. The molecule has 0 spiro atoms. The van der Waals surface area contributed by atoms with Crippen LogP contribution in [0.25, 0.3) is 6.08 Å². The van der Waals surface area contributed by atoms with Crippen LogP contribution in [0.1, 0.15) is 25.0 Å². The van der Waals surface area contributed by atoms with Crippen molar-refractivity contribution < 1.29 is 4.79 Å². The summed E-state index contributed by atoms with van der Waals surface area (Å²) in [5.41, 5.74) is 1.92. The van der Waals surface area contributed by atoms with Crippen LogP contribution in [0.3, 0.4) is 0 Å². The van der Waals surface area contributed by atoms with Gasteiger partial charge in [0.1, 0.15) is 5.70 Å². The fourth-order valence-electron chi connectivity index (χ4n) is 1.92. The van der Waals surface area contributed by atoms with Gasteiger partial charge in [0.05, 0.1) is 11.6 Å². The minimum atomic E-state index is -0.104. The highest BCUT2D eigenvalue weighted by Crippen LogP contribution is 2.16. The summed E-state index contributed by atoms with van der Waals surface area (Å²) in [6, 6.07) is 9.10. The van der Waals surface area contributed by atoms with E-state index in [1.807, 2.05) is 13.8 Å². The number of amides is 1. The first-order valence-corrected chi connectivity index (χ1v) is 6.77. The highest BCUT2D eigenvalue weighted by atomic mass is 32.1. The lowest BCUT2D eigenvalue weighted by Gasteiger charge is -2.15. The maximum absolute atomic E-state index is 12.2. The molecule has 0 bridgehead atoms. The Kier molecular flexibility index (Phi) is 4.16. The monoisotopic (exact) mass is 285 g/mol. The minimum Gasteiger partial charge on any atom is -0.328 e. The van der Waals surface area contributed by atoms with E-state index in [-0.39, 0.29) is 5.91 Å². The van der Waals surface area contributed by atoms with Gasteiger partial charge in [-0.3, -0.25) is 9.69 Å². The van der Waals surface area contributed by atoms with E-state index < -0.39 is 0 Å². The molecule has 1 aromatic carbocycles.